The third kappa shape index (κ3) is 3.48. The van der Waals surface area contributed by atoms with Crippen LogP contribution in [0.3, 0.4) is 0 Å². The van der Waals surface area contributed by atoms with Gasteiger partial charge in [0, 0.05) is 4.88 Å². The van der Waals surface area contributed by atoms with Crippen molar-refractivity contribution in [2.24, 2.45) is 5.73 Å². The highest BCUT2D eigenvalue weighted by Crippen LogP contribution is 2.30. The van der Waals surface area contributed by atoms with Crippen LogP contribution in [0.4, 0.5) is 13.2 Å². The Hall–Kier alpha value is -1.53. The fourth-order valence-corrected chi connectivity index (χ4v) is 2.71. The molecule has 2 aromatic rings. The number of benzene rings is 1. The van der Waals surface area contributed by atoms with Crippen LogP contribution in [0.1, 0.15) is 22.0 Å². The lowest BCUT2D eigenvalue weighted by Gasteiger charge is -2.14. The van der Waals surface area contributed by atoms with Gasteiger partial charge >= 0.3 is 6.36 Å². The Balaban J connectivity index is 2.26. The molecule has 0 aliphatic heterocycles. The molecule has 0 amide bonds. The monoisotopic (exact) mass is 287 g/mol. The fourth-order valence-electron chi connectivity index (χ4n) is 1.76. The molecule has 0 radical (unpaired) electrons. The largest absolute Gasteiger partial charge is 0.573 e. The lowest BCUT2D eigenvalue weighted by molar-refractivity contribution is -0.274. The Labute approximate surface area is 112 Å². The van der Waals surface area contributed by atoms with E-state index in [1.54, 1.807) is 6.07 Å². The first-order chi connectivity index (χ1) is 8.87. The van der Waals surface area contributed by atoms with Crippen LogP contribution in [0.25, 0.3) is 0 Å². The molecule has 1 aromatic carbocycles. The molecule has 0 aliphatic rings. The van der Waals surface area contributed by atoms with E-state index < -0.39 is 12.4 Å². The quantitative estimate of drug-likeness (QED) is 0.926. The van der Waals surface area contributed by atoms with Crippen molar-refractivity contribution in [2.45, 2.75) is 19.3 Å². The van der Waals surface area contributed by atoms with Gasteiger partial charge in [-0.1, -0.05) is 12.1 Å². The van der Waals surface area contributed by atoms with E-state index in [-0.39, 0.29) is 5.75 Å². The van der Waals surface area contributed by atoms with Gasteiger partial charge in [0.05, 0.1) is 6.04 Å². The molecule has 0 bridgehead atoms. The summed E-state index contributed by atoms with van der Waals surface area (Å²) in [6.45, 7) is 1.92. The normalized spacial score (nSPS) is 13.3. The first kappa shape index (κ1) is 13.9. The second-order valence-corrected chi connectivity index (χ2v) is 5.01. The zero-order valence-electron chi connectivity index (χ0n) is 10.1. The van der Waals surface area contributed by atoms with Crippen LogP contribution < -0.4 is 10.5 Å². The first-order valence-corrected chi connectivity index (χ1v) is 6.40. The highest BCUT2D eigenvalue weighted by Gasteiger charge is 2.31. The number of hydrogen-bond acceptors (Lipinski definition) is 3. The maximum absolute atomic E-state index is 12.2. The molecule has 0 saturated carbocycles. The maximum atomic E-state index is 12.2. The topological polar surface area (TPSA) is 35.2 Å². The third-order valence-corrected chi connectivity index (χ3v) is 3.74. The lowest BCUT2D eigenvalue weighted by atomic mass is 10.0. The summed E-state index contributed by atoms with van der Waals surface area (Å²) in [5.74, 6) is -0.255. The smallest absolute Gasteiger partial charge is 0.406 e. The summed E-state index contributed by atoms with van der Waals surface area (Å²) in [6.07, 6.45) is -4.69. The van der Waals surface area contributed by atoms with Crippen molar-refractivity contribution in [3.8, 4) is 5.75 Å². The first-order valence-electron chi connectivity index (χ1n) is 5.52. The molecule has 1 heterocycles. The van der Waals surface area contributed by atoms with Crippen LogP contribution in [0, 0.1) is 6.92 Å². The Morgan fingerprint density at radius 3 is 2.58 bits per heavy atom. The zero-order chi connectivity index (χ0) is 14.0. The summed E-state index contributed by atoms with van der Waals surface area (Å²) in [4.78, 5) is 0.934. The summed E-state index contributed by atoms with van der Waals surface area (Å²) in [5.41, 5.74) is 7.69. The molecule has 2 rings (SSSR count). The second-order valence-electron chi connectivity index (χ2n) is 4.07. The molecular weight excluding hydrogens is 275 g/mol. The van der Waals surface area contributed by atoms with Crippen molar-refractivity contribution < 1.29 is 17.9 Å². The maximum Gasteiger partial charge on any atom is 0.573 e. The van der Waals surface area contributed by atoms with Gasteiger partial charge in [-0.25, -0.2) is 0 Å². The van der Waals surface area contributed by atoms with Gasteiger partial charge in [0.1, 0.15) is 5.75 Å². The van der Waals surface area contributed by atoms with Crippen molar-refractivity contribution in [2.75, 3.05) is 0 Å². The highest BCUT2D eigenvalue weighted by atomic mass is 32.1. The molecule has 0 spiro atoms. The van der Waals surface area contributed by atoms with Gasteiger partial charge in [0.15, 0.2) is 0 Å². The molecule has 1 unspecified atom stereocenters. The average Bonchev–Trinajstić information content (AvgIpc) is 2.72. The van der Waals surface area contributed by atoms with Crippen LogP contribution in [-0.2, 0) is 0 Å². The van der Waals surface area contributed by atoms with Crippen molar-refractivity contribution in [3.63, 3.8) is 0 Å². The van der Waals surface area contributed by atoms with Gasteiger partial charge in [0.2, 0.25) is 0 Å². The third-order valence-electron chi connectivity index (χ3n) is 2.63. The van der Waals surface area contributed by atoms with Gasteiger partial charge in [-0.3, -0.25) is 0 Å². The molecule has 0 saturated heterocycles. The standard InChI is InChI=1S/C13H12F3NOS/c1-8-5-6-19-12(8)11(17)9-3-2-4-10(7-9)18-13(14,15)16/h2-7,11H,17H2,1H3. The minimum absolute atomic E-state index is 0.255. The van der Waals surface area contributed by atoms with E-state index in [4.69, 9.17) is 5.73 Å². The van der Waals surface area contributed by atoms with E-state index in [2.05, 4.69) is 4.74 Å². The van der Waals surface area contributed by atoms with Crippen molar-refractivity contribution in [3.05, 3.63) is 51.7 Å². The van der Waals surface area contributed by atoms with E-state index in [0.29, 0.717) is 5.56 Å². The van der Waals surface area contributed by atoms with Gasteiger partial charge in [-0.2, -0.15) is 0 Å². The summed E-state index contributed by atoms with van der Waals surface area (Å²) in [7, 11) is 0. The molecule has 102 valence electrons. The van der Waals surface area contributed by atoms with Crippen LogP contribution in [-0.4, -0.2) is 6.36 Å². The average molecular weight is 287 g/mol. The number of ether oxygens (including phenoxy) is 1. The number of hydrogen-bond donors (Lipinski definition) is 1. The number of rotatable bonds is 3. The van der Waals surface area contributed by atoms with Gasteiger partial charge in [-0.15, -0.1) is 24.5 Å². The van der Waals surface area contributed by atoms with E-state index in [9.17, 15) is 13.2 Å². The minimum Gasteiger partial charge on any atom is -0.406 e. The highest BCUT2D eigenvalue weighted by molar-refractivity contribution is 7.10. The van der Waals surface area contributed by atoms with Gasteiger partial charge in [0.25, 0.3) is 0 Å². The zero-order valence-corrected chi connectivity index (χ0v) is 10.9. The van der Waals surface area contributed by atoms with Crippen molar-refractivity contribution >= 4 is 11.3 Å². The molecule has 2 N–H and O–H groups in total. The number of thiophene rings is 1. The Bertz CT molecular complexity index is 565. The van der Waals surface area contributed by atoms with Crippen molar-refractivity contribution in [1.29, 1.82) is 0 Å². The van der Waals surface area contributed by atoms with E-state index in [1.807, 2.05) is 18.4 Å². The van der Waals surface area contributed by atoms with Gasteiger partial charge < -0.3 is 10.5 Å². The molecule has 2 nitrogen and oxygen atoms in total. The van der Waals surface area contributed by atoms with E-state index in [1.165, 1.54) is 29.5 Å². The number of aryl methyl sites for hydroxylation is 1. The Morgan fingerprint density at radius 1 is 1.26 bits per heavy atom. The van der Waals surface area contributed by atoms with E-state index in [0.717, 1.165) is 10.4 Å². The number of nitrogens with two attached hydrogens (primary N) is 1. The van der Waals surface area contributed by atoms with Crippen molar-refractivity contribution in [1.82, 2.24) is 0 Å². The Morgan fingerprint density at radius 2 is 2.00 bits per heavy atom. The summed E-state index contributed by atoms with van der Waals surface area (Å²) in [5, 5.41) is 1.90. The fraction of sp³-hybridized carbons (Fsp3) is 0.231. The summed E-state index contributed by atoms with van der Waals surface area (Å²) < 4.78 is 40.4. The van der Waals surface area contributed by atoms with Crippen LogP contribution in [0.2, 0.25) is 0 Å². The summed E-state index contributed by atoms with van der Waals surface area (Å²) >= 11 is 1.48. The number of halogens is 3. The van der Waals surface area contributed by atoms with Crippen LogP contribution in [0.5, 0.6) is 5.75 Å². The number of alkyl halides is 3. The SMILES string of the molecule is Cc1ccsc1C(N)c1cccc(OC(F)(F)F)c1. The molecule has 0 aliphatic carbocycles. The van der Waals surface area contributed by atoms with Crippen LogP contribution >= 0.6 is 11.3 Å². The Kier molecular flexibility index (Phi) is 3.82. The molecule has 19 heavy (non-hydrogen) atoms. The molecule has 1 atom stereocenters. The van der Waals surface area contributed by atoms with E-state index >= 15 is 0 Å². The van der Waals surface area contributed by atoms with Gasteiger partial charge in [-0.05, 0) is 41.6 Å². The summed E-state index contributed by atoms with van der Waals surface area (Å²) in [6, 6.07) is 7.24. The van der Waals surface area contributed by atoms with Crippen LogP contribution in [0.15, 0.2) is 35.7 Å². The molecule has 1 aromatic heterocycles. The molecule has 6 heteroatoms. The predicted molar refractivity (Wildman–Crippen MR) is 68.2 cm³/mol. The second kappa shape index (κ2) is 5.22. The minimum atomic E-state index is -4.69. The molecule has 0 fully saturated rings. The molecular formula is C13H12F3NOS. The predicted octanol–water partition coefficient (Wildman–Crippen LogP) is 4.00. The lowest BCUT2D eigenvalue weighted by Crippen LogP contribution is -2.18.